The average molecular weight is 536 g/mol. The first-order valence-corrected chi connectivity index (χ1v) is 13.0. The number of amides is 2. The Morgan fingerprint density at radius 1 is 1.08 bits per heavy atom. The van der Waals surface area contributed by atoms with E-state index in [9.17, 15) is 22.4 Å². The molecule has 2 aliphatic carbocycles. The van der Waals surface area contributed by atoms with Crippen LogP contribution in [0.1, 0.15) is 49.7 Å². The molecule has 1 aliphatic heterocycles. The van der Waals surface area contributed by atoms with Crippen LogP contribution in [0.3, 0.4) is 0 Å². The van der Waals surface area contributed by atoms with E-state index >= 15 is 0 Å². The predicted octanol–water partition coefficient (Wildman–Crippen LogP) is 5.96. The number of anilines is 1. The smallest absolute Gasteiger partial charge is 0.419 e. The molecule has 206 valence electrons. The van der Waals surface area contributed by atoms with Crippen molar-refractivity contribution < 1.29 is 31.8 Å². The highest BCUT2D eigenvalue weighted by Gasteiger charge is 2.52. The Kier molecular flexibility index (Phi) is 7.19. The van der Waals surface area contributed by atoms with Crippen molar-refractivity contribution >= 4 is 11.7 Å². The number of nitrogens with one attached hydrogen (secondary N) is 2. The van der Waals surface area contributed by atoms with E-state index in [4.69, 9.17) is 9.47 Å². The second-order valence-electron chi connectivity index (χ2n) is 10.7. The van der Waals surface area contributed by atoms with Crippen LogP contribution in [0.2, 0.25) is 0 Å². The molecule has 0 aromatic heterocycles. The minimum atomic E-state index is -4.84. The molecule has 3 fully saturated rings. The van der Waals surface area contributed by atoms with Crippen molar-refractivity contribution in [2.75, 3.05) is 32.6 Å². The van der Waals surface area contributed by atoms with Gasteiger partial charge in [-0.05, 0) is 80.8 Å². The summed E-state index contributed by atoms with van der Waals surface area (Å²) >= 11 is 0. The zero-order valence-corrected chi connectivity index (χ0v) is 21.5. The van der Waals surface area contributed by atoms with Crippen molar-refractivity contribution in [3.05, 3.63) is 53.3 Å². The molecule has 3 unspecified atom stereocenters. The van der Waals surface area contributed by atoms with Gasteiger partial charge in [-0.3, -0.25) is 4.90 Å². The van der Waals surface area contributed by atoms with Crippen molar-refractivity contribution in [3.63, 3.8) is 0 Å². The van der Waals surface area contributed by atoms with Gasteiger partial charge in [0.2, 0.25) is 0 Å². The number of urea groups is 1. The molecule has 2 saturated carbocycles. The van der Waals surface area contributed by atoms with Gasteiger partial charge < -0.3 is 20.1 Å². The Bertz CT molecular complexity index is 1190. The number of rotatable bonds is 7. The summed E-state index contributed by atoms with van der Waals surface area (Å²) in [6.07, 6.45) is 0.840. The van der Waals surface area contributed by atoms with Gasteiger partial charge in [-0.2, -0.15) is 13.2 Å². The van der Waals surface area contributed by atoms with Gasteiger partial charge in [0.05, 0.1) is 25.5 Å². The fraction of sp³-hybridized carbons (Fsp3) is 0.536. The third-order valence-electron chi connectivity index (χ3n) is 8.41. The van der Waals surface area contributed by atoms with Crippen LogP contribution in [-0.2, 0) is 11.6 Å². The van der Waals surface area contributed by atoms with Crippen LogP contribution in [0.5, 0.6) is 11.5 Å². The number of hydrogen-bond donors (Lipinski definition) is 2. The molecule has 3 aliphatic rings. The summed E-state index contributed by atoms with van der Waals surface area (Å²) in [4.78, 5) is 15.3. The number of alkyl halides is 3. The fourth-order valence-corrected chi connectivity index (χ4v) is 6.30. The number of hydrogen-bond acceptors (Lipinski definition) is 4. The Hall–Kier alpha value is -3.01. The lowest BCUT2D eigenvalue weighted by Gasteiger charge is -2.45. The van der Waals surface area contributed by atoms with E-state index in [1.807, 2.05) is 6.07 Å². The lowest BCUT2D eigenvalue weighted by atomic mass is 9.65. The SMILES string of the molecule is COc1ccc(C23CCC(NC(=O)Nc4cccc(C(F)(F)F)c4F)CC2N(CC2CC2)CC3)cc1OC. The summed E-state index contributed by atoms with van der Waals surface area (Å²) in [5.74, 6) is 0.571. The first-order valence-electron chi connectivity index (χ1n) is 13.0. The van der Waals surface area contributed by atoms with E-state index in [1.165, 1.54) is 18.4 Å². The van der Waals surface area contributed by atoms with Crippen molar-refractivity contribution in [2.45, 2.75) is 62.2 Å². The number of methoxy groups -OCH3 is 2. The summed E-state index contributed by atoms with van der Waals surface area (Å²) in [5, 5.41) is 5.18. The van der Waals surface area contributed by atoms with Gasteiger partial charge in [-0.1, -0.05) is 12.1 Å². The van der Waals surface area contributed by atoms with Gasteiger partial charge in [-0.25, -0.2) is 9.18 Å². The number of nitrogens with zero attached hydrogens (tertiary/aromatic N) is 1. The summed E-state index contributed by atoms with van der Waals surface area (Å²) in [6.45, 7) is 1.98. The molecule has 3 atom stereocenters. The van der Waals surface area contributed by atoms with E-state index in [0.29, 0.717) is 36.3 Å². The standard InChI is InChI=1S/C28H33F4N3O3/c1-37-22-9-8-18(14-23(22)38-2)27-11-10-19(15-24(27)35(13-12-27)16-17-6-7-17)33-26(36)34-21-5-3-4-20(25(21)29)28(30,31)32/h3-5,8-9,14,17,19,24H,6-7,10-13,15-16H2,1-2H3,(H2,33,34,36). The molecule has 2 amide bonds. The maximum absolute atomic E-state index is 14.4. The fourth-order valence-electron chi connectivity index (χ4n) is 6.30. The number of fused-ring (bicyclic) bond motifs is 1. The Balaban J connectivity index is 1.33. The van der Waals surface area contributed by atoms with E-state index in [1.54, 1.807) is 14.2 Å². The van der Waals surface area contributed by atoms with Crippen molar-refractivity contribution in [2.24, 2.45) is 5.92 Å². The molecule has 2 aromatic rings. The highest BCUT2D eigenvalue weighted by molar-refractivity contribution is 5.89. The first-order chi connectivity index (χ1) is 18.1. The average Bonchev–Trinajstić information content (AvgIpc) is 3.64. The van der Waals surface area contributed by atoms with Gasteiger partial charge in [0.1, 0.15) is 0 Å². The molecule has 38 heavy (non-hydrogen) atoms. The second kappa shape index (κ2) is 10.3. The van der Waals surface area contributed by atoms with E-state index in [-0.39, 0.29) is 17.5 Å². The lowest BCUT2D eigenvalue weighted by molar-refractivity contribution is -0.139. The monoisotopic (exact) mass is 535 g/mol. The van der Waals surface area contributed by atoms with Crippen LogP contribution >= 0.6 is 0 Å². The zero-order valence-electron chi connectivity index (χ0n) is 21.5. The third-order valence-corrected chi connectivity index (χ3v) is 8.41. The van der Waals surface area contributed by atoms with Gasteiger partial charge in [-0.15, -0.1) is 0 Å². The van der Waals surface area contributed by atoms with Crippen LogP contribution in [0, 0.1) is 11.7 Å². The van der Waals surface area contributed by atoms with Crippen LogP contribution in [0.4, 0.5) is 28.0 Å². The highest BCUT2D eigenvalue weighted by atomic mass is 19.4. The quantitative estimate of drug-likeness (QED) is 0.430. The van der Waals surface area contributed by atoms with E-state index in [0.717, 1.165) is 38.1 Å². The number of carbonyl (C=O) groups excluding carboxylic acids is 1. The molecular formula is C28H33F4N3O3. The molecule has 0 spiro atoms. The van der Waals surface area contributed by atoms with Crippen LogP contribution in [0.15, 0.2) is 36.4 Å². The minimum absolute atomic E-state index is 0.101. The maximum atomic E-state index is 14.4. The summed E-state index contributed by atoms with van der Waals surface area (Å²) in [7, 11) is 3.23. The van der Waals surface area contributed by atoms with Crippen LogP contribution in [0.25, 0.3) is 0 Å². The maximum Gasteiger partial charge on any atom is 0.419 e. The van der Waals surface area contributed by atoms with Crippen LogP contribution < -0.4 is 20.1 Å². The zero-order chi connectivity index (χ0) is 27.1. The summed E-state index contributed by atoms with van der Waals surface area (Å²) in [5.41, 5.74) is -0.818. The van der Waals surface area contributed by atoms with Gasteiger partial charge in [0.25, 0.3) is 0 Å². The number of carbonyl (C=O) groups is 1. The number of likely N-dealkylation sites (tertiary alicyclic amines) is 1. The number of halogens is 4. The normalized spacial score (nSPS) is 25.5. The van der Waals surface area contributed by atoms with Crippen molar-refractivity contribution in [3.8, 4) is 11.5 Å². The minimum Gasteiger partial charge on any atom is -0.493 e. The third kappa shape index (κ3) is 5.15. The molecule has 10 heteroatoms. The van der Waals surface area contributed by atoms with Gasteiger partial charge >= 0.3 is 12.2 Å². The molecule has 5 rings (SSSR count). The molecule has 0 bridgehead atoms. The van der Waals surface area contributed by atoms with Crippen molar-refractivity contribution in [1.29, 1.82) is 0 Å². The number of ether oxygens (including phenoxy) is 2. The first kappa shape index (κ1) is 26.6. The highest BCUT2D eigenvalue weighted by Crippen LogP contribution is 2.51. The lowest BCUT2D eigenvalue weighted by Crippen LogP contribution is -2.53. The molecule has 1 heterocycles. The molecule has 0 radical (unpaired) electrons. The van der Waals surface area contributed by atoms with Crippen molar-refractivity contribution in [1.82, 2.24) is 10.2 Å². The Morgan fingerprint density at radius 3 is 2.53 bits per heavy atom. The molecule has 2 N–H and O–H groups in total. The predicted molar refractivity (Wildman–Crippen MR) is 135 cm³/mol. The molecule has 6 nitrogen and oxygen atoms in total. The van der Waals surface area contributed by atoms with Gasteiger partial charge in [0, 0.05) is 24.0 Å². The summed E-state index contributed by atoms with van der Waals surface area (Å²) < 4.78 is 64.7. The summed E-state index contributed by atoms with van der Waals surface area (Å²) in [6, 6.07) is 8.24. The number of benzene rings is 2. The van der Waals surface area contributed by atoms with E-state index < -0.39 is 29.3 Å². The Labute approximate surface area is 219 Å². The van der Waals surface area contributed by atoms with E-state index in [2.05, 4.69) is 27.7 Å². The molecule has 2 aromatic carbocycles. The van der Waals surface area contributed by atoms with Gasteiger partial charge in [0.15, 0.2) is 17.3 Å². The van der Waals surface area contributed by atoms with Crippen LogP contribution in [-0.4, -0.2) is 50.3 Å². The topological polar surface area (TPSA) is 62.8 Å². The molecule has 1 saturated heterocycles. The largest absolute Gasteiger partial charge is 0.493 e. The second-order valence-corrected chi connectivity index (χ2v) is 10.7. The molecular weight excluding hydrogens is 502 g/mol. The Morgan fingerprint density at radius 2 is 1.84 bits per heavy atom.